The van der Waals surface area contributed by atoms with Crippen molar-refractivity contribution in [1.82, 2.24) is 19.5 Å². The van der Waals surface area contributed by atoms with Crippen molar-refractivity contribution in [2.75, 3.05) is 20.7 Å². The van der Waals surface area contributed by atoms with E-state index in [1.54, 1.807) is 14.2 Å². The summed E-state index contributed by atoms with van der Waals surface area (Å²) in [6, 6.07) is 9.22. The number of hydrogen-bond donors (Lipinski definition) is 0. The van der Waals surface area contributed by atoms with E-state index in [1.165, 1.54) is 26.9 Å². The summed E-state index contributed by atoms with van der Waals surface area (Å²) < 4.78 is 46.7. The van der Waals surface area contributed by atoms with E-state index >= 15 is 0 Å². The molecule has 4 rings (SSSR count). The Balaban J connectivity index is 1.90. The van der Waals surface area contributed by atoms with E-state index in [2.05, 4.69) is 10.1 Å². The van der Waals surface area contributed by atoms with Crippen molar-refractivity contribution in [3.63, 3.8) is 0 Å². The standard InChI is InChI=1S/C19H19F3N4O2SSe/c1-25-10-12(8-18(20,21)22)19(16(25)27,30-13-6-4-3-5-7-13)14-9-23-17-26(14)24-15(29-17)11-28-2/h3-7,9,12H,8,10-11H2,1-2H3. The van der Waals surface area contributed by atoms with E-state index in [4.69, 9.17) is 4.74 Å². The molecule has 2 atom stereocenters. The van der Waals surface area contributed by atoms with E-state index in [9.17, 15) is 18.0 Å². The number of nitrogens with zero attached hydrogens (tertiary/aromatic N) is 4. The molecule has 30 heavy (non-hydrogen) atoms. The monoisotopic (exact) mass is 504 g/mol. The first-order chi connectivity index (χ1) is 14.2. The number of benzene rings is 1. The number of halogens is 3. The first-order valence-electron chi connectivity index (χ1n) is 9.14. The molecule has 1 amide bonds. The minimum atomic E-state index is -4.39. The van der Waals surface area contributed by atoms with Gasteiger partial charge in [0.05, 0.1) is 0 Å². The number of ether oxygens (including phenoxy) is 1. The second-order valence-corrected chi connectivity index (χ2v) is 10.9. The molecule has 0 spiro atoms. The Hall–Kier alpha value is -1.94. The van der Waals surface area contributed by atoms with Gasteiger partial charge in [-0.1, -0.05) is 0 Å². The predicted octanol–water partition coefficient (Wildman–Crippen LogP) is 2.20. The van der Waals surface area contributed by atoms with Crippen molar-refractivity contribution in [1.29, 1.82) is 0 Å². The van der Waals surface area contributed by atoms with E-state index in [-0.39, 0.29) is 19.1 Å². The minimum absolute atomic E-state index is 0.0369. The SMILES string of the molecule is COCc1nn2c(C3([Se]c4ccccc4)C(=O)N(C)CC3CC(F)(F)F)cnc2s1. The van der Waals surface area contributed by atoms with Crippen LogP contribution in [0.4, 0.5) is 13.2 Å². The number of carbonyl (C=O) groups excluding carboxylic acids is 1. The fourth-order valence-electron chi connectivity index (χ4n) is 3.83. The number of rotatable bonds is 6. The van der Waals surface area contributed by atoms with Crippen LogP contribution in [0.15, 0.2) is 36.5 Å². The fourth-order valence-corrected chi connectivity index (χ4v) is 7.77. The Bertz CT molecular complexity index is 1060. The van der Waals surface area contributed by atoms with Gasteiger partial charge in [-0.3, -0.25) is 0 Å². The van der Waals surface area contributed by atoms with Crippen molar-refractivity contribution in [3.8, 4) is 0 Å². The summed E-state index contributed by atoms with van der Waals surface area (Å²) in [5.41, 5.74) is 0.420. The van der Waals surface area contributed by atoms with Gasteiger partial charge in [-0.05, 0) is 0 Å². The van der Waals surface area contributed by atoms with Crippen LogP contribution in [-0.4, -0.2) is 67.2 Å². The van der Waals surface area contributed by atoms with E-state index in [1.807, 2.05) is 30.3 Å². The van der Waals surface area contributed by atoms with Gasteiger partial charge in [-0.15, -0.1) is 0 Å². The van der Waals surface area contributed by atoms with Crippen LogP contribution >= 0.6 is 11.3 Å². The van der Waals surface area contributed by atoms with Gasteiger partial charge in [-0.25, -0.2) is 0 Å². The van der Waals surface area contributed by atoms with Gasteiger partial charge in [0.15, 0.2) is 0 Å². The maximum atomic E-state index is 13.5. The Kier molecular flexibility index (Phi) is 5.65. The molecule has 3 aromatic rings. The number of fused-ring (bicyclic) bond motifs is 1. The second-order valence-electron chi connectivity index (χ2n) is 7.12. The molecule has 160 valence electrons. The molecule has 0 bridgehead atoms. The molecule has 1 fully saturated rings. The molecular formula is C19H19F3N4O2SSe. The van der Waals surface area contributed by atoms with Gasteiger partial charge >= 0.3 is 181 Å². The van der Waals surface area contributed by atoms with E-state index < -0.39 is 37.8 Å². The van der Waals surface area contributed by atoms with Gasteiger partial charge in [0, 0.05) is 0 Å². The molecule has 1 aromatic carbocycles. The topological polar surface area (TPSA) is 59.7 Å². The molecule has 11 heteroatoms. The molecule has 0 aliphatic carbocycles. The summed E-state index contributed by atoms with van der Waals surface area (Å²) >= 11 is 0.694. The van der Waals surface area contributed by atoms with Crippen molar-refractivity contribution in [2.24, 2.45) is 5.92 Å². The summed E-state index contributed by atoms with van der Waals surface area (Å²) in [7, 11) is 3.10. The van der Waals surface area contributed by atoms with Crippen LogP contribution in [0.1, 0.15) is 17.1 Å². The molecule has 2 aromatic heterocycles. The summed E-state index contributed by atoms with van der Waals surface area (Å²) in [5.74, 6) is -1.24. The third-order valence-corrected chi connectivity index (χ3v) is 9.15. The van der Waals surface area contributed by atoms with E-state index in [0.717, 1.165) is 4.46 Å². The predicted molar refractivity (Wildman–Crippen MR) is 107 cm³/mol. The van der Waals surface area contributed by atoms with Crippen LogP contribution < -0.4 is 4.46 Å². The summed E-state index contributed by atoms with van der Waals surface area (Å²) in [6.45, 7) is 0.305. The van der Waals surface area contributed by atoms with Crippen LogP contribution in [0, 0.1) is 5.92 Å². The molecule has 3 heterocycles. The summed E-state index contributed by atoms with van der Waals surface area (Å²) in [4.78, 5) is 19.8. The van der Waals surface area contributed by atoms with Crippen molar-refractivity contribution < 1.29 is 22.7 Å². The normalized spacial score (nSPS) is 22.4. The molecule has 2 unspecified atom stereocenters. The Morgan fingerprint density at radius 2 is 2.07 bits per heavy atom. The van der Waals surface area contributed by atoms with Gasteiger partial charge < -0.3 is 0 Å². The Morgan fingerprint density at radius 3 is 2.73 bits per heavy atom. The van der Waals surface area contributed by atoms with E-state index in [0.29, 0.717) is 15.7 Å². The maximum absolute atomic E-state index is 13.5. The number of alkyl halides is 3. The third kappa shape index (κ3) is 3.75. The van der Waals surface area contributed by atoms with Crippen LogP contribution in [0.2, 0.25) is 0 Å². The van der Waals surface area contributed by atoms with Crippen LogP contribution in [-0.2, 0) is 20.5 Å². The second kappa shape index (κ2) is 7.96. The zero-order valence-electron chi connectivity index (χ0n) is 16.2. The van der Waals surface area contributed by atoms with Crippen molar-refractivity contribution in [3.05, 3.63) is 47.2 Å². The molecule has 0 N–H and O–H groups in total. The average molecular weight is 503 g/mol. The number of likely N-dealkylation sites (tertiary alicyclic amines) is 1. The van der Waals surface area contributed by atoms with Gasteiger partial charge in [0.2, 0.25) is 0 Å². The zero-order chi connectivity index (χ0) is 21.5. The van der Waals surface area contributed by atoms with Gasteiger partial charge in [-0.2, -0.15) is 0 Å². The average Bonchev–Trinajstić information content (AvgIpc) is 3.31. The Morgan fingerprint density at radius 1 is 1.33 bits per heavy atom. The van der Waals surface area contributed by atoms with Crippen molar-refractivity contribution in [2.45, 2.75) is 23.5 Å². The first kappa shape index (κ1) is 21.3. The summed E-state index contributed by atoms with van der Waals surface area (Å²) in [5, 5.41) is 5.14. The van der Waals surface area contributed by atoms with Gasteiger partial charge in [0.1, 0.15) is 0 Å². The molecular weight excluding hydrogens is 484 g/mol. The van der Waals surface area contributed by atoms with Gasteiger partial charge in [0.25, 0.3) is 0 Å². The number of likely N-dealkylation sites (N-methyl/N-ethyl adjacent to an activating group) is 1. The van der Waals surface area contributed by atoms with Crippen molar-refractivity contribution >= 4 is 41.6 Å². The van der Waals surface area contributed by atoms with Crippen LogP contribution in [0.25, 0.3) is 4.96 Å². The van der Waals surface area contributed by atoms with Crippen LogP contribution in [0.5, 0.6) is 0 Å². The fraction of sp³-hybridized carbons (Fsp3) is 0.421. The molecule has 0 saturated carbocycles. The number of aromatic nitrogens is 3. The molecule has 6 nitrogen and oxygen atoms in total. The number of carbonyl (C=O) groups is 1. The molecule has 1 aliphatic rings. The Labute approximate surface area is 181 Å². The first-order valence-corrected chi connectivity index (χ1v) is 11.7. The molecule has 0 radical (unpaired) electrons. The number of hydrogen-bond acceptors (Lipinski definition) is 5. The molecule has 1 aliphatic heterocycles. The number of imidazole rings is 1. The molecule has 1 saturated heterocycles. The number of methoxy groups -OCH3 is 1. The number of amides is 1. The van der Waals surface area contributed by atoms with Crippen LogP contribution in [0.3, 0.4) is 0 Å². The quantitative estimate of drug-likeness (QED) is 0.485. The summed E-state index contributed by atoms with van der Waals surface area (Å²) in [6.07, 6.45) is -3.91. The third-order valence-electron chi connectivity index (χ3n) is 5.01. The zero-order valence-corrected chi connectivity index (χ0v) is 18.7.